The van der Waals surface area contributed by atoms with Gasteiger partial charge in [-0.15, -0.1) is 0 Å². The zero-order valence-electron chi connectivity index (χ0n) is 6.66. The van der Waals surface area contributed by atoms with E-state index in [1.54, 1.807) is 18.0 Å². The van der Waals surface area contributed by atoms with Crippen LogP contribution >= 0.6 is 23.4 Å². The molecule has 4 heteroatoms. The number of nitrogens with two attached hydrogens (primary N) is 1. The summed E-state index contributed by atoms with van der Waals surface area (Å²) in [6.45, 7) is 0.703. The van der Waals surface area contributed by atoms with E-state index in [9.17, 15) is 0 Å². The second-order valence-electron chi connectivity index (χ2n) is 2.27. The van der Waals surface area contributed by atoms with Gasteiger partial charge in [-0.3, -0.25) is 4.98 Å². The van der Waals surface area contributed by atoms with Crippen molar-refractivity contribution in [2.75, 3.05) is 12.3 Å². The average molecular weight is 203 g/mol. The van der Waals surface area contributed by atoms with Crippen LogP contribution in [0, 0.1) is 0 Å². The molecule has 0 aromatic carbocycles. The van der Waals surface area contributed by atoms with Gasteiger partial charge in [0.1, 0.15) is 0 Å². The minimum atomic E-state index is 0.703. The molecule has 0 aliphatic heterocycles. The van der Waals surface area contributed by atoms with Crippen LogP contribution in [-0.4, -0.2) is 17.3 Å². The normalized spacial score (nSPS) is 10.2. The van der Waals surface area contributed by atoms with Gasteiger partial charge in [0, 0.05) is 24.2 Å². The maximum atomic E-state index is 5.90. The fourth-order valence-electron chi connectivity index (χ4n) is 0.777. The summed E-state index contributed by atoms with van der Waals surface area (Å²) < 4.78 is 0. The van der Waals surface area contributed by atoms with Gasteiger partial charge >= 0.3 is 0 Å². The Morgan fingerprint density at radius 1 is 1.58 bits per heavy atom. The van der Waals surface area contributed by atoms with E-state index in [-0.39, 0.29) is 0 Å². The molecule has 0 atom stereocenters. The molecule has 0 amide bonds. The van der Waals surface area contributed by atoms with Gasteiger partial charge in [0.05, 0.1) is 10.7 Å². The van der Waals surface area contributed by atoms with Gasteiger partial charge in [0.15, 0.2) is 0 Å². The summed E-state index contributed by atoms with van der Waals surface area (Å²) in [6.07, 6.45) is 1.75. The zero-order valence-corrected chi connectivity index (χ0v) is 8.24. The van der Waals surface area contributed by atoms with Crippen molar-refractivity contribution in [1.29, 1.82) is 0 Å². The van der Waals surface area contributed by atoms with Crippen molar-refractivity contribution < 1.29 is 0 Å². The van der Waals surface area contributed by atoms with Crippen molar-refractivity contribution in [1.82, 2.24) is 4.98 Å². The summed E-state index contributed by atoms with van der Waals surface area (Å²) in [7, 11) is 0. The molecule has 0 fully saturated rings. The third-order valence-electron chi connectivity index (χ3n) is 1.34. The van der Waals surface area contributed by atoms with Gasteiger partial charge in [-0.25, -0.2) is 0 Å². The zero-order chi connectivity index (χ0) is 8.81. The molecule has 0 unspecified atom stereocenters. The second-order valence-corrected chi connectivity index (χ2v) is 3.79. The van der Waals surface area contributed by atoms with E-state index < -0.39 is 0 Å². The third-order valence-corrected chi connectivity index (χ3v) is 2.68. The fourth-order valence-corrected chi connectivity index (χ4v) is 1.78. The van der Waals surface area contributed by atoms with Crippen molar-refractivity contribution in [3.63, 3.8) is 0 Å². The molecule has 0 saturated carbocycles. The number of rotatable bonds is 4. The first-order valence-electron chi connectivity index (χ1n) is 3.72. The highest BCUT2D eigenvalue weighted by Crippen LogP contribution is 2.17. The van der Waals surface area contributed by atoms with Crippen LogP contribution in [-0.2, 0) is 5.75 Å². The lowest BCUT2D eigenvalue weighted by Gasteiger charge is -2.00. The molecule has 0 aliphatic rings. The minimum absolute atomic E-state index is 0.703. The number of thioether (sulfide) groups is 1. The van der Waals surface area contributed by atoms with Crippen LogP contribution < -0.4 is 5.73 Å². The van der Waals surface area contributed by atoms with E-state index in [4.69, 9.17) is 17.3 Å². The van der Waals surface area contributed by atoms with Crippen molar-refractivity contribution >= 4 is 23.4 Å². The Bertz CT molecular complexity index is 242. The maximum absolute atomic E-state index is 5.90. The lowest BCUT2D eigenvalue weighted by Crippen LogP contribution is -2.01. The van der Waals surface area contributed by atoms with Crippen LogP contribution in [0.4, 0.5) is 0 Å². The second kappa shape index (κ2) is 5.41. The number of aromatic nitrogens is 1. The topological polar surface area (TPSA) is 38.9 Å². The van der Waals surface area contributed by atoms with Gasteiger partial charge in [-0.05, 0) is 12.1 Å². The van der Waals surface area contributed by atoms with E-state index in [1.807, 2.05) is 12.1 Å². The highest BCUT2D eigenvalue weighted by Gasteiger charge is 1.99. The first-order valence-corrected chi connectivity index (χ1v) is 5.25. The highest BCUT2D eigenvalue weighted by molar-refractivity contribution is 7.98. The van der Waals surface area contributed by atoms with Crippen LogP contribution in [0.2, 0.25) is 5.02 Å². The molecule has 0 spiro atoms. The Labute approximate surface area is 81.5 Å². The summed E-state index contributed by atoms with van der Waals surface area (Å²) in [5.74, 6) is 1.80. The molecule has 0 bridgehead atoms. The Balaban J connectivity index is 2.46. The quantitative estimate of drug-likeness (QED) is 0.759. The smallest absolute Gasteiger partial charge is 0.0688 e. The van der Waals surface area contributed by atoms with Crippen molar-refractivity contribution in [3.8, 4) is 0 Å². The molecular weight excluding hydrogens is 192 g/mol. The lowest BCUT2D eigenvalue weighted by molar-refractivity contribution is 1.13. The molecule has 0 saturated heterocycles. The van der Waals surface area contributed by atoms with E-state index in [2.05, 4.69) is 4.98 Å². The van der Waals surface area contributed by atoms with Gasteiger partial charge < -0.3 is 5.73 Å². The van der Waals surface area contributed by atoms with Gasteiger partial charge in [0.2, 0.25) is 0 Å². The molecule has 2 nitrogen and oxygen atoms in total. The Hall–Kier alpha value is -0.250. The molecular formula is C8H11ClN2S. The number of pyridine rings is 1. The largest absolute Gasteiger partial charge is 0.330 e. The summed E-state index contributed by atoms with van der Waals surface area (Å²) in [5.41, 5.74) is 6.30. The molecule has 12 heavy (non-hydrogen) atoms. The van der Waals surface area contributed by atoms with Crippen LogP contribution in [0.5, 0.6) is 0 Å². The third kappa shape index (κ3) is 3.01. The molecule has 1 aromatic heterocycles. The first kappa shape index (κ1) is 9.84. The molecule has 66 valence electrons. The van der Waals surface area contributed by atoms with E-state index in [0.29, 0.717) is 6.54 Å². The van der Waals surface area contributed by atoms with E-state index in [1.165, 1.54) is 0 Å². The highest BCUT2D eigenvalue weighted by atomic mass is 35.5. The van der Waals surface area contributed by atoms with Crippen molar-refractivity contribution in [2.45, 2.75) is 5.75 Å². The van der Waals surface area contributed by atoms with Gasteiger partial charge in [-0.2, -0.15) is 11.8 Å². The molecule has 2 N–H and O–H groups in total. The molecule has 1 heterocycles. The minimum Gasteiger partial charge on any atom is -0.330 e. The Morgan fingerprint density at radius 3 is 3.08 bits per heavy atom. The van der Waals surface area contributed by atoms with Crippen LogP contribution in [0.15, 0.2) is 18.3 Å². The van der Waals surface area contributed by atoms with E-state index >= 15 is 0 Å². The van der Waals surface area contributed by atoms with Crippen molar-refractivity contribution in [3.05, 3.63) is 29.0 Å². The predicted molar refractivity (Wildman–Crippen MR) is 54.5 cm³/mol. The lowest BCUT2D eigenvalue weighted by atomic mass is 10.4. The van der Waals surface area contributed by atoms with Gasteiger partial charge in [-0.1, -0.05) is 11.6 Å². The standard InChI is InChI=1S/C8H11ClN2S/c9-7-2-1-4-11-8(7)6-12-5-3-10/h1-2,4H,3,5-6,10H2. The SMILES string of the molecule is NCCSCc1ncccc1Cl. The number of halogens is 1. The van der Waals surface area contributed by atoms with Crippen LogP contribution in [0.1, 0.15) is 5.69 Å². The monoisotopic (exact) mass is 202 g/mol. The Kier molecular flexibility index (Phi) is 4.43. The van der Waals surface area contributed by atoms with E-state index in [0.717, 1.165) is 22.2 Å². The fraction of sp³-hybridized carbons (Fsp3) is 0.375. The average Bonchev–Trinajstić information content (AvgIpc) is 2.09. The van der Waals surface area contributed by atoms with Crippen LogP contribution in [0.25, 0.3) is 0 Å². The number of hydrogen-bond donors (Lipinski definition) is 1. The number of hydrogen-bond acceptors (Lipinski definition) is 3. The number of nitrogens with zero attached hydrogens (tertiary/aromatic N) is 1. The first-order chi connectivity index (χ1) is 5.84. The summed E-state index contributed by atoms with van der Waals surface area (Å²) in [6, 6.07) is 3.69. The molecule has 1 rings (SSSR count). The molecule has 0 radical (unpaired) electrons. The predicted octanol–water partition coefficient (Wildman–Crippen LogP) is 1.93. The van der Waals surface area contributed by atoms with Crippen LogP contribution in [0.3, 0.4) is 0 Å². The maximum Gasteiger partial charge on any atom is 0.0688 e. The summed E-state index contributed by atoms with van der Waals surface area (Å²) >= 11 is 7.64. The summed E-state index contributed by atoms with van der Waals surface area (Å²) in [4.78, 5) is 4.16. The Morgan fingerprint density at radius 2 is 2.42 bits per heavy atom. The van der Waals surface area contributed by atoms with Gasteiger partial charge in [0.25, 0.3) is 0 Å². The molecule has 0 aliphatic carbocycles. The molecule has 1 aromatic rings. The summed E-state index contributed by atoms with van der Waals surface area (Å²) in [5, 5.41) is 0.738. The van der Waals surface area contributed by atoms with Crippen molar-refractivity contribution in [2.24, 2.45) is 5.73 Å².